The molecule has 20 heavy (non-hydrogen) atoms. The SMILES string of the molecule is Cc1ccc(C)c(OCCCN(C)CCCCCO)c1. The van der Waals surface area contributed by atoms with Crippen molar-refractivity contribution >= 4 is 0 Å². The molecule has 0 amide bonds. The molecule has 1 N–H and O–H groups in total. The maximum Gasteiger partial charge on any atom is 0.122 e. The molecule has 114 valence electrons. The molecule has 0 atom stereocenters. The zero-order valence-electron chi connectivity index (χ0n) is 13.2. The molecule has 1 aromatic carbocycles. The van der Waals surface area contributed by atoms with E-state index in [0.717, 1.165) is 51.1 Å². The summed E-state index contributed by atoms with van der Waals surface area (Å²) >= 11 is 0. The van der Waals surface area contributed by atoms with Gasteiger partial charge >= 0.3 is 0 Å². The molecule has 1 aromatic rings. The first-order valence-corrected chi connectivity index (χ1v) is 7.63. The van der Waals surface area contributed by atoms with E-state index in [9.17, 15) is 0 Å². The maximum atomic E-state index is 8.72. The van der Waals surface area contributed by atoms with Crippen molar-refractivity contribution < 1.29 is 9.84 Å². The lowest BCUT2D eigenvalue weighted by molar-refractivity contribution is 0.251. The highest BCUT2D eigenvalue weighted by atomic mass is 16.5. The fraction of sp³-hybridized carbons (Fsp3) is 0.647. The average molecular weight is 279 g/mol. The predicted molar refractivity (Wildman–Crippen MR) is 84.5 cm³/mol. The van der Waals surface area contributed by atoms with Crippen molar-refractivity contribution in [3.8, 4) is 5.75 Å². The number of aryl methyl sites for hydroxylation is 2. The minimum absolute atomic E-state index is 0.313. The Morgan fingerprint density at radius 1 is 1.05 bits per heavy atom. The van der Waals surface area contributed by atoms with Gasteiger partial charge in [0.15, 0.2) is 0 Å². The second-order valence-electron chi connectivity index (χ2n) is 5.56. The minimum atomic E-state index is 0.313. The molecular formula is C17H29NO2. The second kappa shape index (κ2) is 9.78. The van der Waals surface area contributed by atoms with Crippen molar-refractivity contribution in [2.45, 2.75) is 39.5 Å². The highest BCUT2D eigenvalue weighted by molar-refractivity contribution is 5.35. The Morgan fingerprint density at radius 3 is 2.55 bits per heavy atom. The van der Waals surface area contributed by atoms with Crippen LogP contribution in [0.1, 0.15) is 36.8 Å². The molecule has 0 aliphatic heterocycles. The topological polar surface area (TPSA) is 32.7 Å². The molecule has 3 nitrogen and oxygen atoms in total. The highest BCUT2D eigenvalue weighted by Gasteiger charge is 2.01. The van der Waals surface area contributed by atoms with Gasteiger partial charge in [-0.25, -0.2) is 0 Å². The maximum absolute atomic E-state index is 8.72. The van der Waals surface area contributed by atoms with Crippen molar-refractivity contribution in [2.75, 3.05) is 33.4 Å². The predicted octanol–water partition coefficient (Wildman–Crippen LogP) is 3.17. The molecule has 0 heterocycles. The quantitative estimate of drug-likeness (QED) is 0.668. The first-order chi connectivity index (χ1) is 9.63. The van der Waals surface area contributed by atoms with Crippen LogP contribution in [0.5, 0.6) is 5.75 Å². The van der Waals surface area contributed by atoms with Gasteiger partial charge in [0.05, 0.1) is 6.61 Å². The van der Waals surface area contributed by atoms with E-state index in [1.165, 1.54) is 11.1 Å². The monoisotopic (exact) mass is 279 g/mol. The van der Waals surface area contributed by atoms with Gasteiger partial charge in [-0.05, 0) is 70.3 Å². The summed E-state index contributed by atoms with van der Waals surface area (Å²) in [5, 5.41) is 8.72. The summed E-state index contributed by atoms with van der Waals surface area (Å²) in [6, 6.07) is 6.33. The third-order valence-electron chi connectivity index (χ3n) is 3.48. The van der Waals surface area contributed by atoms with Gasteiger partial charge in [0.2, 0.25) is 0 Å². The second-order valence-corrected chi connectivity index (χ2v) is 5.56. The molecule has 0 fully saturated rings. The number of aliphatic hydroxyl groups excluding tert-OH is 1. The van der Waals surface area contributed by atoms with Gasteiger partial charge in [-0.15, -0.1) is 0 Å². The fourth-order valence-electron chi connectivity index (χ4n) is 2.16. The first kappa shape index (κ1) is 17.0. The first-order valence-electron chi connectivity index (χ1n) is 7.63. The third kappa shape index (κ3) is 6.92. The van der Waals surface area contributed by atoms with E-state index in [1.807, 2.05) is 0 Å². The smallest absolute Gasteiger partial charge is 0.122 e. The number of rotatable bonds is 10. The van der Waals surface area contributed by atoms with E-state index in [0.29, 0.717) is 6.61 Å². The Kier molecular flexibility index (Phi) is 8.31. The molecule has 0 aromatic heterocycles. The van der Waals surface area contributed by atoms with E-state index in [-0.39, 0.29) is 0 Å². The largest absolute Gasteiger partial charge is 0.493 e. The van der Waals surface area contributed by atoms with Gasteiger partial charge in [0, 0.05) is 13.2 Å². The summed E-state index contributed by atoms with van der Waals surface area (Å²) in [6.07, 6.45) is 4.24. The molecule has 3 heteroatoms. The van der Waals surface area contributed by atoms with Crippen LogP contribution >= 0.6 is 0 Å². The van der Waals surface area contributed by atoms with Gasteiger partial charge < -0.3 is 14.7 Å². The van der Waals surface area contributed by atoms with Gasteiger partial charge in [0.25, 0.3) is 0 Å². The Morgan fingerprint density at radius 2 is 1.80 bits per heavy atom. The summed E-state index contributed by atoms with van der Waals surface area (Å²) in [5.74, 6) is 1.01. The Hall–Kier alpha value is -1.06. The number of aliphatic hydroxyl groups is 1. The molecule has 1 rings (SSSR count). The fourth-order valence-corrected chi connectivity index (χ4v) is 2.16. The van der Waals surface area contributed by atoms with E-state index in [2.05, 4.69) is 44.0 Å². The number of hydrogen-bond donors (Lipinski definition) is 1. The molecule has 0 saturated carbocycles. The summed E-state index contributed by atoms with van der Waals surface area (Å²) in [6.45, 7) is 7.42. The van der Waals surface area contributed by atoms with Crippen LogP contribution in [0.3, 0.4) is 0 Å². The molecule has 0 saturated heterocycles. The van der Waals surface area contributed by atoms with Crippen LogP contribution in [0.4, 0.5) is 0 Å². The van der Waals surface area contributed by atoms with Crippen molar-refractivity contribution in [3.05, 3.63) is 29.3 Å². The van der Waals surface area contributed by atoms with Crippen molar-refractivity contribution in [1.29, 1.82) is 0 Å². The van der Waals surface area contributed by atoms with Gasteiger partial charge in [-0.2, -0.15) is 0 Å². The molecule has 0 unspecified atom stereocenters. The Balaban J connectivity index is 2.13. The summed E-state index contributed by atoms with van der Waals surface area (Å²) in [4.78, 5) is 2.34. The average Bonchev–Trinajstić information content (AvgIpc) is 2.43. The van der Waals surface area contributed by atoms with Crippen molar-refractivity contribution in [2.24, 2.45) is 0 Å². The van der Waals surface area contributed by atoms with Crippen molar-refractivity contribution in [3.63, 3.8) is 0 Å². The summed E-state index contributed by atoms with van der Waals surface area (Å²) in [7, 11) is 2.15. The Bertz CT molecular complexity index is 379. The zero-order chi connectivity index (χ0) is 14.8. The molecule has 0 aliphatic rings. The van der Waals surface area contributed by atoms with Crippen LogP contribution in [-0.2, 0) is 0 Å². The van der Waals surface area contributed by atoms with Gasteiger partial charge in [-0.3, -0.25) is 0 Å². The lowest BCUT2D eigenvalue weighted by atomic mass is 10.1. The molecule has 0 aliphatic carbocycles. The molecule has 0 bridgehead atoms. The van der Waals surface area contributed by atoms with Crippen LogP contribution in [0.25, 0.3) is 0 Å². The van der Waals surface area contributed by atoms with Crippen LogP contribution in [0.15, 0.2) is 18.2 Å². The molecule has 0 spiro atoms. The minimum Gasteiger partial charge on any atom is -0.493 e. The van der Waals surface area contributed by atoms with Crippen molar-refractivity contribution in [1.82, 2.24) is 4.90 Å². The lowest BCUT2D eigenvalue weighted by Gasteiger charge is -2.17. The van der Waals surface area contributed by atoms with E-state index in [4.69, 9.17) is 9.84 Å². The normalized spacial score (nSPS) is 11.1. The summed E-state index contributed by atoms with van der Waals surface area (Å²) < 4.78 is 5.85. The van der Waals surface area contributed by atoms with Crippen LogP contribution in [0.2, 0.25) is 0 Å². The molecule has 0 radical (unpaired) electrons. The van der Waals surface area contributed by atoms with Crippen LogP contribution in [-0.4, -0.2) is 43.4 Å². The summed E-state index contributed by atoms with van der Waals surface area (Å²) in [5.41, 5.74) is 2.44. The van der Waals surface area contributed by atoms with E-state index >= 15 is 0 Å². The lowest BCUT2D eigenvalue weighted by Crippen LogP contribution is -2.22. The van der Waals surface area contributed by atoms with E-state index < -0.39 is 0 Å². The highest BCUT2D eigenvalue weighted by Crippen LogP contribution is 2.19. The zero-order valence-corrected chi connectivity index (χ0v) is 13.2. The number of nitrogens with zero attached hydrogens (tertiary/aromatic N) is 1. The van der Waals surface area contributed by atoms with Gasteiger partial charge in [0.1, 0.15) is 5.75 Å². The number of hydrogen-bond acceptors (Lipinski definition) is 3. The Labute approximate surface area is 123 Å². The number of unbranched alkanes of at least 4 members (excludes halogenated alkanes) is 2. The number of benzene rings is 1. The third-order valence-corrected chi connectivity index (χ3v) is 3.48. The van der Waals surface area contributed by atoms with Crippen LogP contribution < -0.4 is 4.74 Å². The van der Waals surface area contributed by atoms with Gasteiger partial charge in [-0.1, -0.05) is 12.1 Å². The standard InChI is InChI=1S/C17H29NO2/c1-15-8-9-16(2)17(14-15)20-13-7-11-18(3)10-5-4-6-12-19/h8-9,14,19H,4-7,10-13H2,1-3H3. The van der Waals surface area contributed by atoms with E-state index in [1.54, 1.807) is 0 Å². The molecular weight excluding hydrogens is 250 g/mol. The number of ether oxygens (including phenoxy) is 1. The van der Waals surface area contributed by atoms with Crippen LogP contribution in [0, 0.1) is 13.8 Å².